The van der Waals surface area contributed by atoms with Crippen molar-refractivity contribution < 1.29 is 17.9 Å². The Morgan fingerprint density at radius 2 is 2.11 bits per heavy atom. The van der Waals surface area contributed by atoms with E-state index in [0.717, 1.165) is 0 Å². The molecular formula is C21H24N8O4S2. The lowest BCUT2D eigenvalue weighted by Gasteiger charge is -2.35. The summed E-state index contributed by atoms with van der Waals surface area (Å²) in [5.74, 6) is 0.183. The van der Waals surface area contributed by atoms with Crippen LogP contribution in [0.3, 0.4) is 0 Å². The van der Waals surface area contributed by atoms with E-state index in [0.29, 0.717) is 66.2 Å². The van der Waals surface area contributed by atoms with Crippen molar-refractivity contribution in [2.75, 3.05) is 31.0 Å². The molecule has 35 heavy (non-hydrogen) atoms. The fourth-order valence-electron chi connectivity index (χ4n) is 3.71. The molecule has 2 aliphatic rings. The summed E-state index contributed by atoms with van der Waals surface area (Å²) in [6, 6.07) is 1.28. The Bertz CT molecular complexity index is 1330. The molecule has 0 radical (unpaired) electrons. The van der Waals surface area contributed by atoms with Crippen LogP contribution in [0, 0.1) is 0 Å². The average Bonchev–Trinajstić information content (AvgIpc) is 3.62. The van der Waals surface area contributed by atoms with Crippen molar-refractivity contribution in [2.45, 2.75) is 31.1 Å². The Morgan fingerprint density at radius 1 is 1.26 bits per heavy atom. The number of nitrogens with one attached hydrogen (secondary N) is 2. The quantitative estimate of drug-likeness (QED) is 0.450. The Morgan fingerprint density at radius 3 is 2.91 bits per heavy atom. The molecule has 1 amide bonds. The Kier molecular flexibility index (Phi) is 6.58. The van der Waals surface area contributed by atoms with Crippen LogP contribution in [-0.2, 0) is 10.0 Å². The lowest BCUT2D eigenvalue weighted by Crippen LogP contribution is -2.49. The van der Waals surface area contributed by atoms with Gasteiger partial charge in [0.2, 0.25) is 21.9 Å². The van der Waals surface area contributed by atoms with E-state index in [4.69, 9.17) is 4.74 Å². The first-order valence-electron chi connectivity index (χ1n) is 11.2. The Hall–Kier alpha value is -3.23. The molecule has 0 spiro atoms. The van der Waals surface area contributed by atoms with Gasteiger partial charge in [-0.3, -0.25) is 14.5 Å². The highest BCUT2D eigenvalue weighted by Gasteiger charge is 2.37. The largest absolute Gasteiger partial charge is 0.477 e. The van der Waals surface area contributed by atoms with Crippen molar-refractivity contribution in [1.82, 2.24) is 35.1 Å². The van der Waals surface area contributed by atoms with Crippen LogP contribution in [-0.4, -0.2) is 75.6 Å². The average molecular weight is 517 g/mol. The molecule has 14 heteroatoms. The number of aromatic nitrogens is 5. The number of hydrogen-bond donors (Lipinski definition) is 2. The second-order valence-electron chi connectivity index (χ2n) is 8.08. The highest BCUT2D eigenvalue weighted by Crippen LogP contribution is 2.31. The molecule has 4 heterocycles. The van der Waals surface area contributed by atoms with Gasteiger partial charge in [0.15, 0.2) is 5.01 Å². The van der Waals surface area contributed by atoms with Crippen molar-refractivity contribution in [1.29, 1.82) is 0 Å². The number of amides is 1. The molecule has 12 nitrogen and oxygen atoms in total. The molecule has 1 aliphatic heterocycles. The topological polar surface area (TPSA) is 152 Å². The normalized spacial score (nSPS) is 18.3. The van der Waals surface area contributed by atoms with Crippen molar-refractivity contribution in [3.8, 4) is 16.5 Å². The number of carbonyl (C=O) groups is 1. The number of anilines is 1. The number of ether oxygens (including phenoxy) is 1. The molecular weight excluding hydrogens is 492 g/mol. The minimum Gasteiger partial charge on any atom is -0.477 e. The van der Waals surface area contributed by atoms with Crippen LogP contribution in [0.2, 0.25) is 0 Å². The van der Waals surface area contributed by atoms with E-state index < -0.39 is 16.1 Å². The van der Waals surface area contributed by atoms with E-state index in [2.05, 4.69) is 35.0 Å². The van der Waals surface area contributed by atoms with Crippen LogP contribution in [0.5, 0.6) is 5.88 Å². The predicted octanol–water partition coefficient (Wildman–Crippen LogP) is 1.48. The molecule has 184 valence electrons. The van der Waals surface area contributed by atoms with Gasteiger partial charge in [-0.25, -0.2) is 28.4 Å². The number of piperazine rings is 1. The minimum atomic E-state index is -3.49. The number of sulfonamides is 1. The lowest BCUT2D eigenvalue weighted by atomic mass is 10.1. The van der Waals surface area contributed by atoms with Crippen molar-refractivity contribution in [3.63, 3.8) is 0 Å². The van der Waals surface area contributed by atoms with E-state index >= 15 is 0 Å². The number of rotatable bonds is 8. The zero-order valence-electron chi connectivity index (χ0n) is 18.9. The fraction of sp³-hybridized carbons (Fsp3) is 0.429. The molecule has 2 N–H and O–H groups in total. The summed E-state index contributed by atoms with van der Waals surface area (Å²) >= 11 is 1.23. The number of carbonyl (C=O) groups excluding carboxylic acids is 1. The van der Waals surface area contributed by atoms with Crippen LogP contribution < -0.4 is 14.8 Å². The molecule has 1 aliphatic carbocycles. The summed E-state index contributed by atoms with van der Waals surface area (Å²) in [4.78, 5) is 37.2. The van der Waals surface area contributed by atoms with E-state index in [-0.39, 0.29) is 17.1 Å². The van der Waals surface area contributed by atoms with Gasteiger partial charge in [-0.15, -0.1) is 11.3 Å². The Labute approximate surface area is 206 Å². The zero-order valence-corrected chi connectivity index (χ0v) is 20.5. The first kappa shape index (κ1) is 23.5. The van der Waals surface area contributed by atoms with Gasteiger partial charge in [0, 0.05) is 32.0 Å². The molecule has 0 unspecified atom stereocenters. The van der Waals surface area contributed by atoms with Gasteiger partial charge >= 0.3 is 0 Å². The summed E-state index contributed by atoms with van der Waals surface area (Å²) < 4.78 is 32.5. The SMILES string of the molecule is CCOc1cncc(-c2cnc(C(=O)N3CCNC[C@H]3c3ccnc(NS(=O)(=O)C4CC4)n3)s2)n1. The highest BCUT2D eigenvalue weighted by molar-refractivity contribution is 7.93. The van der Waals surface area contributed by atoms with Crippen LogP contribution in [0.25, 0.3) is 10.6 Å². The van der Waals surface area contributed by atoms with Crippen LogP contribution in [0.4, 0.5) is 5.95 Å². The van der Waals surface area contributed by atoms with Crippen LogP contribution >= 0.6 is 11.3 Å². The standard InChI is InChI=1S/C21H24N8O4S2/c1-2-33-18-12-23-9-15(26-18)17-11-25-19(34-17)20(30)29-8-7-22-10-16(29)14-5-6-24-21(27-14)28-35(31,32)13-3-4-13/h5-6,9,11-13,16,22H,2-4,7-8,10H2,1H3,(H,24,27,28)/t16-/m0/s1. The lowest BCUT2D eigenvalue weighted by molar-refractivity contribution is 0.0629. The van der Waals surface area contributed by atoms with Crippen molar-refractivity contribution >= 4 is 33.2 Å². The third-order valence-corrected chi connectivity index (χ3v) is 8.39. The molecule has 0 aromatic carbocycles. The first-order chi connectivity index (χ1) is 16.9. The highest BCUT2D eigenvalue weighted by atomic mass is 32.2. The van der Waals surface area contributed by atoms with Crippen LogP contribution in [0.1, 0.15) is 41.3 Å². The Balaban J connectivity index is 1.36. The monoisotopic (exact) mass is 516 g/mol. The molecule has 0 bridgehead atoms. The van der Waals surface area contributed by atoms with Gasteiger partial charge in [0.25, 0.3) is 5.91 Å². The molecule has 1 atom stereocenters. The van der Waals surface area contributed by atoms with Gasteiger partial charge in [-0.2, -0.15) is 0 Å². The predicted molar refractivity (Wildman–Crippen MR) is 129 cm³/mol. The molecule has 3 aromatic heterocycles. The molecule has 2 fully saturated rings. The number of thiazole rings is 1. The van der Waals surface area contributed by atoms with E-state index in [1.807, 2.05) is 6.92 Å². The van der Waals surface area contributed by atoms with Crippen LogP contribution in [0.15, 0.2) is 30.9 Å². The molecule has 1 saturated heterocycles. The maximum absolute atomic E-state index is 13.4. The summed E-state index contributed by atoms with van der Waals surface area (Å²) in [6.45, 7) is 3.88. The second kappa shape index (κ2) is 9.79. The maximum atomic E-state index is 13.4. The van der Waals surface area contributed by atoms with Gasteiger partial charge in [-0.1, -0.05) is 0 Å². The maximum Gasteiger partial charge on any atom is 0.283 e. The first-order valence-corrected chi connectivity index (χ1v) is 13.6. The molecule has 5 rings (SSSR count). The summed E-state index contributed by atoms with van der Waals surface area (Å²) in [6.07, 6.45) is 7.51. The zero-order chi connectivity index (χ0) is 24.4. The molecule has 3 aromatic rings. The number of nitrogens with zero attached hydrogens (tertiary/aromatic N) is 6. The third-order valence-electron chi connectivity index (χ3n) is 5.57. The van der Waals surface area contributed by atoms with Gasteiger partial charge in [0.05, 0.1) is 40.9 Å². The number of hydrogen-bond acceptors (Lipinski definition) is 11. The van der Waals surface area contributed by atoms with E-state index in [9.17, 15) is 13.2 Å². The molecule has 1 saturated carbocycles. The van der Waals surface area contributed by atoms with E-state index in [1.165, 1.54) is 23.7 Å². The van der Waals surface area contributed by atoms with Crippen molar-refractivity contribution in [2.24, 2.45) is 0 Å². The van der Waals surface area contributed by atoms with Gasteiger partial charge < -0.3 is 15.0 Å². The summed E-state index contributed by atoms with van der Waals surface area (Å²) in [7, 11) is -3.49. The van der Waals surface area contributed by atoms with E-state index in [1.54, 1.807) is 23.4 Å². The minimum absolute atomic E-state index is 0.0108. The summed E-state index contributed by atoms with van der Waals surface area (Å²) in [5, 5.41) is 3.20. The fourth-order valence-corrected chi connectivity index (χ4v) is 5.81. The van der Waals surface area contributed by atoms with Crippen molar-refractivity contribution in [3.05, 3.63) is 41.6 Å². The second-order valence-corrected chi connectivity index (χ2v) is 11.1. The third kappa shape index (κ3) is 5.23. The van der Waals surface area contributed by atoms with Gasteiger partial charge in [0.1, 0.15) is 5.69 Å². The van der Waals surface area contributed by atoms with Gasteiger partial charge in [-0.05, 0) is 25.8 Å². The summed E-state index contributed by atoms with van der Waals surface area (Å²) in [5.41, 5.74) is 1.12. The smallest absolute Gasteiger partial charge is 0.283 e.